The van der Waals surface area contributed by atoms with Gasteiger partial charge < -0.3 is 15.0 Å². The Balaban J connectivity index is 1.51. The Morgan fingerprint density at radius 2 is 2.43 bits per heavy atom. The summed E-state index contributed by atoms with van der Waals surface area (Å²) in [7, 11) is 0. The molecule has 0 bridgehead atoms. The van der Waals surface area contributed by atoms with Crippen molar-refractivity contribution in [3.8, 4) is 0 Å². The van der Waals surface area contributed by atoms with Crippen LogP contribution in [0.5, 0.6) is 0 Å². The van der Waals surface area contributed by atoms with Gasteiger partial charge in [-0.05, 0) is 26.2 Å². The highest BCUT2D eigenvalue weighted by atomic mass is 32.1. The Bertz CT molecular complexity index is 515. The van der Waals surface area contributed by atoms with Gasteiger partial charge in [-0.25, -0.2) is 9.78 Å². The molecule has 1 aromatic heterocycles. The normalized spacial score (nSPS) is 25.9. The smallest absolute Gasteiger partial charge is 0.317 e. The lowest BCUT2D eigenvalue weighted by Gasteiger charge is -2.39. The standard InChI is InChI=1S/C15H23N3O2S/c1-3-15(2)10-18(6-7-20-15)14(19)16-8-13-17-12(9-21-13)11-4-5-11/h9,11H,3-8,10H2,1-2H3,(H,16,19)/t15-/m1/s1. The van der Waals surface area contributed by atoms with Gasteiger partial charge in [0.1, 0.15) is 5.01 Å². The second-order valence-electron chi connectivity index (χ2n) is 6.17. The number of amides is 2. The molecule has 2 fully saturated rings. The summed E-state index contributed by atoms with van der Waals surface area (Å²) in [6, 6.07) is -0.0128. The maximum Gasteiger partial charge on any atom is 0.317 e. The molecule has 2 amide bonds. The second kappa shape index (κ2) is 5.93. The monoisotopic (exact) mass is 309 g/mol. The van der Waals surface area contributed by atoms with E-state index in [4.69, 9.17) is 4.74 Å². The minimum Gasteiger partial charge on any atom is -0.372 e. The van der Waals surface area contributed by atoms with Gasteiger partial charge in [-0.15, -0.1) is 11.3 Å². The van der Waals surface area contributed by atoms with Crippen molar-refractivity contribution in [2.45, 2.75) is 51.2 Å². The van der Waals surface area contributed by atoms with Crippen LogP contribution in [0.3, 0.4) is 0 Å². The number of urea groups is 1. The van der Waals surface area contributed by atoms with Gasteiger partial charge in [-0.2, -0.15) is 0 Å². The number of carbonyl (C=O) groups is 1. The highest BCUT2D eigenvalue weighted by Crippen LogP contribution is 2.40. The molecule has 21 heavy (non-hydrogen) atoms. The first-order chi connectivity index (χ1) is 10.1. The van der Waals surface area contributed by atoms with E-state index in [-0.39, 0.29) is 11.6 Å². The van der Waals surface area contributed by atoms with Gasteiger partial charge in [0.25, 0.3) is 0 Å². The fourth-order valence-corrected chi connectivity index (χ4v) is 3.37. The van der Waals surface area contributed by atoms with Crippen LogP contribution in [-0.2, 0) is 11.3 Å². The van der Waals surface area contributed by atoms with Crippen molar-refractivity contribution in [3.05, 3.63) is 16.1 Å². The summed E-state index contributed by atoms with van der Waals surface area (Å²) in [5.41, 5.74) is 0.991. The lowest BCUT2D eigenvalue weighted by molar-refractivity contribution is -0.0872. The van der Waals surface area contributed by atoms with Crippen LogP contribution in [0, 0.1) is 0 Å². The number of ether oxygens (including phenoxy) is 1. The second-order valence-corrected chi connectivity index (χ2v) is 7.12. The molecule has 0 spiro atoms. The lowest BCUT2D eigenvalue weighted by Crippen LogP contribution is -2.54. The Hall–Kier alpha value is -1.14. The largest absolute Gasteiger partial charge is 0.372 e. The number of hydrogen-bond acceptors (Lipinski definition) is 4. The molecule has 0 aromatic carbocycles. The summed E-state index contributed by atoms with van der Waals surface area (Å²) in [4.78, 5) is 18.7. The van der Waals surface area contributed by atoms with Gasteiger partial charge in [0.2, 0.25) is 0 Å². The maximum absolute atomic E-state index is 12.3. The van der Waals surface area contributed by atoms with Crippen molar-refractivity contribution in [1.29, 1.82) is 0 Å². The molecule has 5 nitrogen and oxygen atoms in total. The molecule has 0 radical (unpaired) electrons. The van der Waals surface area contributed by atoms with Gasteiger partial charge in [0, 0.05) is 17.8 Å². The molecule has 2 heterocycles. The highest BCUT2D eigenvalue weighted by Gasteiger charge is 2.32. The van der Waals surface area contributed by atoms with Crippen LogP contribution in [0.4, 0.5) is 4.79 Å². The summed E-state index contributed by atoms with van der Waals surface area (Å²) in [5, 5.41) is 6.11. The molecule has 1 aliphatic carbocycles. The van der Waals surface area contributed by atoms with Crippen LogP contribution in [-0.4, -0.2) is 41.2 Å². The molecule has 1 aliphatic heterocycles. The van der Waals surface area contributed by atoms with E-state index in [0.29, 0.717) is 32.2 Å². The molecular formula is C15H23N3O2S. The number of nitrogens with zero attached hydrogens (tertiary/aromatic N) is 2. The van der Waals surface area contributed by atoms with Crippen LogP contribution in [0.25, 0.3) is 0 Å². The fourth-order valence-electron chi connectivity index (χ4n) is 2.55. The van der Waals surface area contributed by atoms with E-state index < -0.39 is 0 Å². The molecule has 0 unspecified atom stereocenters. The summed E-state index contributed by atoms with van der Waals surface area (Å²) in [6.07, 6.45) is 3.44. The van der Waals surface area contributed by atoms with Crippen LogP contribution in [0.2, 0.25) is 0 Å². The molecule has 1 saturated heterocycles. The molecule has 2 aliphatic rings. The van der Waals surface area contributed by atoms with Crippen LogP contribution < -0.4 is 5.32 Å². The van der Waals surface area contributed by atoms with Gasteiger partial charge >= 0.3 is 6.03 Å². The van der Waals surface area contributed by atoms with Crippen molar-refractivity contribution >= 4 is 17.4 Å². The maximum atomic E-state index is 12.3. The number of carbonyl (C=O) groups excluding carboxylic acids is 1. The van der Waals surface area contributed by atoms with E-state index in [2.05, 4.69) is 29.5 Å². The first kappa shape index (κ1) is 14.8. The first-order valence-corrected chi connectivity index (χ1v) is 8.58. The Kier molecular flexibility index (Phi) is 4.17. The third kappa shape index (κ3) is 3.55. The summed E-state index contributed by atoms with van der Waals surface area (Å²) in [5.74, 6) is 0.676. The third-order valence-corrected chi connectivity index (χ3v) is 5.20. The molecule has 6 heteroatoms. The zero-order valence-electron chi connectivity index (χ0n) is 12.7. The lowest BCUT2D eigenvalue weighted by atomic mass is 10.0. The van der Waals surface area contributed by atoms with E-state index in [9.17, 15) is 4.79 Å². The Labute approximate surface area is 129 Å². The zero-order chi connectivity index (χ0) is 14.9. The number of hydrogen-bond donors (Lipinski definition) is 1. The predicted octanol–water partition coefficient (Wildman–Crippen LogP) is 2.73. The quantitative estimate of drug-likeness (QED) is 0.930. The van der Waals surface area contributed by atoms with Gasteiger partial charge in [-0.1, -0.05) is 6.92 Å². The topological polar surface area (TPSA) is 54.5 Å². The highest BCUT2D eigenvalue weighted by molar-refractivity contribution is 7.09. The third-order valence-electron chi connectivity index (χ3n) is 4.33. The van der Waals surface area contributed by atoms with Gasteiger partial charge in [0.05, 0.1) is 31.0 Å². The number of thiazole rings is 1. The molecule has 1 aromatic rings. The minimum atomic E-state index is -0.212. The van der Waals surface area contributed by atoms with E-state index in [1.807, 2.05) is 4.90 Å². The number of aromatic nitrogens is 1. The average molecular weight is 309 g/mol. The van der Waals surface area contributed by atoms with Crippen LogP contribution >= 0.6 is 11.3 Å². The van der Waals surface area contributed by atoms with Gasteiger partial charge in [0.15, 0.2) is 0 Å². The molecule has 1 atom stereocenters. The number of morpholine rings is 1. The number of nitrogens with one attached hydrogen (secondary N) is 1. The van der Waals surface area contributed by atoms with Crippen molar-refractivity contribution in [1.82, 2.24) is 15.2 Å². The van der Waals surface area contributed by atoms with Crippen LogP contribution in [0.15, 0.2) is 5.38 Å². The SMILES string of the molecule is CC[C@]1(C)CN(C(=O)NCc2nc(C3CC3)cs2)CCO1. The van der Waals surface area contributed by atoms with Crippen molar-refractivity contribution in [2.24, 2.45) is 0 Å². The average Bonchev–Trinajstić information content (AvgIpc) is 3.24. The summed E-state index contributed by atoms with van der Waals surface area (Å²) < 4.78 is 5.76. The molecule has 1 N–H and O–H groups in total. The Morgan fingerprint density at radius 1 is 1.62 bits per heavy atom. The molecular weight excluding hydrogens is 286 g/mol. The predicted molar refractivity (Wildman–Crippen MR) is 82.5 cm³/mol. The van der Waals surface area contributed by atoms with Crippen LogP contribution in [0.1, 0.15) is 49.7 Å². The number of rotatable bonds is 4. The van der Waals surface area contributed by atoms with Gasteiger partial charge in [-0.3, -0.25) is 0 Å². The van der Waals surface area contributed by atoms with Crippen molar-refractivity contribution in [3.63, 3.8) is 0 Å². The molecule has 116 valence electrons. The first-order valence-electron chi connectivity index (χ1n) is 7.71. The van der Waals surface area contributed by atoms with E-state index in [0.717, 1.165) is 11.4 Å². The van der Waals surface area contributed by atoms with Crippen molar-refractivity contribution < 1.29 is 9.53 Å². The summed E-state index contributed by atoms with van der Waals surface area (Å²) in [6.45, 7) is 6.61. The fraction of sp³-hybridized carbons (Fsp3) is 0.733. The molecule has 1 saturated carbocycles. The van der Waals surface area contributed by atoms with Crippen molar-refractivity contribution in [2.75, 3.05) is 19.7 Å². The zero-order valence-corrected chi connectivity index (χ0v) is 13.5. The molecule has 3 rings (SSSR count). The Morgan fingerprint density at radius 3 is 3.14 bits per heavy atom. The van der Waals surface area contributed by atoms with E-state index in [1.165, 1.54) is 18.5 Å². The van der Waals surface area contributed by atoms with E-state index >= 15 is 0 Å². The minimum absolute atomic E-state index is 0.0128. The van der Waals surface area contributed by atoms with E-state index in [1.54, 1.807) is 11.3 Å². The summed E-state index contributed by atoms with van der Waals surface area (Å²) >= 11 is 1.64.